The number of rotatable bonds is 11. The Hall–Kier alpha value is -5.54. The second-order valence-electron chi connectivity index (χ2n) is 10.1. The van der Waals surface area contributed by atoms with Gasteiger partial charge in [0.1, 0.15) is 12.7 Å². The molecule has 0 N–H and O–H groups in total. The molecule has 0 amide bonds. The van der Waals surface area contributed by atoms with Crippen LogP contribution in [0, 0.1) is 0 Å². The number of esters is 4. The zero-order valence-corrected chi connectivity index (χ0v) is 24.2. The molecule has 0 aliphatic carbocycles. The maximum atomic E-state index is 13.6. The molecule has 9 nitrogen and oxygen atoms in total. The van der Waals surface area contributed by atoms with E-state index >= 15 is 0 Å². The number of hydrogen-bond acceptors (Lipinski definition) is 9. The van der Waals surface area contributed by atoms with Crippen molar-refractivity contribution in [2.45, 2.75) is 30.5 Å². The van der Waals surface area contributed by atoms with Crippen molar-refractivity contribution in [3.05, 3.63) is 156 Å². The lowest BCUT2D eigenvalue weighted by Crippen LogP contribution is -2.55. The molecule has 4 unspecified atom stereocenters. The molecule has 4 aromatic rings. The molecule has 4 aromatic carbocycles. The van der Waals surface area contributed by atoms with Crippen molar-refractivity contribution in [3.63, 3.8) is 0 Å². The fourth-order valence-corrected chi connectivity index (χ4v) is 4.93. The van der Waals surface area contributed by atoms with Gasteiger partial charge in [0, 0.05) is 6.42 Å². The quantitative estimate of drug-likeness (QED) is 0.118. The Bertz CT molecular complexity index is 1620. The van der Waals surface area contributed by atoms with E-state index in [0.29, 0.717) is 0 Å². The van der Waals surface area contributed by atoms with E-state index in [9.17, 15) is 19.2 Å². The first-order valence-electron chi connectivity index (χ1n) is 14.2. The third-order valence-electron chi connectivity index (χ3n) is 7.13. The van der Waals surface area contributed by atoms with Crippen molar-refractivity contribution in [2.75, 3.05) is 6.61 Å². The molecule has 0 spiro atoms. The van der Waals surface area contributed by atoms with E-state index in [1.165, 1.54) is 6.08 Å². The van der Waals surface area contributed by atoms with Gasteiger partial charge in [-0.15, -0.1) is 6.58 Å². The largest absolute Gasteiger partial charge is 0.459 e. The number of carbonyl (C=O) groups is 4. The minimum Gasteiger partial charge on any atom is -0.459 e. The lowest BCUT2D eigenvalue weighted by Gasteiger charge is -2.36. The Kier molecular flexibility index (Phi) is 9.81. The maximum absolute atomic E-state index is 13.6. The molecule has 9 heteroatoms. The van der Waals surface area contributed by atoms with Crippen molar-refractivity contribution < 1.29 is 42.9 Å². The average molecular weight is 607 g/mol. The van der Waals surface area contributed by atoms with E-state index in [2.05, 4.69) is 6.58 Å². The first-order valence-corrected chi connectivity index (χ1v) is 14.2. The number of benzene rings is 4. The Morgan fingerprint density at radius 2 is 1.04 bits per heavy atom. The number of carbonyl (C=O) groups excluding carboxylic acids is 4. The second-order valence-corrected chi connectivity index (χ2v) is 10.1. The zero-order chi connectivity index (χ0) is 31.6. The summed E-state index contributed by atoms with van der Waals surface area (Å²) in [6.07, 6.45) is -2.94. The van der Waals surface area contributed by atoms with Crippen LogP contribution < -0.4 is 0 Å². The molecule has 228 valence electrons. The number of hydrogen-bond donors (Lipinski definition) is 0. The van der Waals surface area contributed by atoms with Gasteiger partial charge in [-0.25, -0.2) is 19.2 Å². The van der Waals surface area contributed by atoms with Gasteiger partial charge in [0.05, 0.1) is 22.3 Å². The summed E-state index contributed by atoms with van der Waals surface area (Å²) in [5, 5.41) is 0. The van der Waals surface area contributed by atoms with Crippen molar-refractivity contribution in [3.8, 4) is 0 Å². The molecule has 1 fully saturated rings. The first-order chi connectivity index (χ1) is 21.9. The van der Waals surface area contributed by atoms with E-state index in [1.807, 2.05) is 0 Å². The highest BCUT2D eigenvalue weighted by atomic mass is 16.8. The van der Waals surface area contributed by atoms with Gasteiger partial charge in [-0.2, -0.15) is 0 Å². The normalized spacial score (nSPS) is 20.4. The van der Waals surface area contributed by atoms with Crippen LogP contribution in [0.25, 0.3) is 0 Å². The molecule has 0 radical (unpaired) electrons. The molecule has 1 heterocycles. The van der Waals surface area contributed by atoms with E-state index in [0.717, 1.165) is 0 Å². The van der Waals surface area contributed by atoms with E-state index in [1.54, 1.807) is 121 Å². The highest BCUT2D eigenvalue weighted by molar-refractivity contribution is 5.92. The predicted molar refractivity (Wildman–Crippen MR) is 162 cm³/mol. The SMILES string of the molecule is C=CCC1(OC(=O)c2ccccc2)C(OC(=O)c2ccccc2)OC(COC(=O)c2ccccc2)C1OC(=O)c1ccccc1. The summed E-state index contributed by atoms with van der Waals surface area (Å²) in [5.41, 5.74) is -1.02. The van der Waals surface area contributed by atoms with Gasteiger partial charge in [0.25, 0.3) is 0 Å². The third kappa shape index (κ3) is 7.17. The molecule has 1 aliphatic heterocycles. The van der Waals surface area contributed by atoms with Crippen LogP contribution in [-0.2, 0) is 23.7 Å². The second kappa shape index (κ2) is 14.3. The molecular formula is C36H30O9. The Morgan fingerprint density at radius 1 is 0.622 bits per heavy atom. The van der Waals surface area contributed by atoms with Gasteiger partial charge in [0.2, 0.25) is 11.9 Å². The van der Waals surface area contributed by atoms with E-state index in [-0.39, 0.29) is 28.7 Å². The van der Waals surface area contributed by atoms with Gasteiger partial charge < -0.3 is 23.7 Å². The van der Waals surface area contributed by atoms with E-state index < -0.39 is 54.6 Å². The van der Waals surface area contributed by atoms with Gasteiger partial charge in [-0.3, -0.25) is 0 Å². The third-order valence-corrected chi connectivity index (χ3v) is 7.13. The molecular weight excluding hydrogens is 576 g/mol. The van der Waals surface area contributed by atoms with Crippen LogP contribution in [0.5, 0.6) is 0 Å². The molecule has 1 aliphatic rings. The van der Waals surface area contributed by atoms with Gasteiger partial charge >= 0.3 is 23.9 Å². The zero-order valence-electron chi connectivity index (χ0n) is 24.2. The Labute approximate surface area is 260 Å². The lowest BCUT2D eigenvalue weighted by atomic mass is 9.90. The summed E-state index contributed by atoms with van der Waals surface area (Å²) in [4.78, 5) is 53.2. The summed E-state index contributed by atoms with van der Waals surface area (Å²) in [6, 6.07) is 32.8. The highest BCUT2D eigenvalue weighted by Gasteiger charge is 2.64. The van der Waals surface area contributed by atoms with Crippen molar-refractivity contribution in [2.24, 2.45) is 0 Å². The summed E-state index contributed by atoms with van der Waals surface area (Å²) in [6.45, 7) is 3.39. The lowest BCUT2D eigenvalue weighted by molar-refractivity contribution is -0.180. The molecule has 45 heavy (non-hydrogen) atoms. The molecule has 0 bridgehead atoms. The predicted octanol–water partition coefficient (Wildman–Crippen LogP) is 5.82. The van der Waals surface area contributed by atoms with Crippen LogP contribution in [0.15, 0.2) is 134 Å². The van der Waals surface area contributed by atoms with Crippen LogP contribution in [0.4, 0.5) is 0 Å². The van der Waals surface area contributed by atoms with Crippen LogP contribution >= 0.6 is 0 Å². The first kappa shape index (κ1) is 30.9. The molecule has 4 atom stereocenters. The summed E-state index contributed by atoms with van der Waals surface area (Å²) >= 11 is 0. The summed E-state index contributed by atoms with van der Waals surface area (Å²) < 4.78 is 29.7. The fraction of sp³-hybridized carbons (Fsp3) is 0.167. The smallest absolute Gasteiger partial charge is 0.340 e. The van der Waals surface area contributed by atoms with Crippen LogP contribution in [0.2, 0.25) is 0 Å². The van der Waals surface area contributed by atoms with Crippen LogP contribution in [-0.4, -0.2) is 54.6 Å². The fourth-order valence-electron chi connectivity index (χ4n) is 4.93. The minimum atomic E-state index is -1.92. The summed E-state index contributed by atoms with van der Waals surface area (Å²) in [5.74, 6) is -2.99. The summed E-state index contributed by atoms with van der Waals surface area (Å²) in [7, 11) is 0. The van der Waals surface area contributed by atoms with Crippen LogP contribution in [0.3, 0.4) is 0 Å². The molecule has 0 saturated carbocycles. The minimum absolute atomic E-state index is 0.159. The average Bonchev–Trinajstić information content (AvgIpc) is 3.35. The van der Waals surface area contributed by atoms with E-state index in [4.69, 9.17) is 23.7 Å². The molecule has 5 rings (SSSR count). The van der Waals surface area contributed by atoms with Crippen molar-refractivity contribution in [1.29, 1.82) is 0 Å². The van der Waals surface area contributed by atoms with Gasteiger partial charge in [0.15, 0.2) is 6.10 Å². The Balaban J connectivity index is 1.54. The molecule has 0 aromatic heterocycles. The van der Waals surface area contributed by atoms with Gasteiger partial charge in [-0.1, -0.05) is 78.9 Å². The van der Waals surface area contributed by atoms with Crippen molar-refractivity contribution >= 4 is 23.9 Å². The van der Waals surface area contributed by atoms with Crippen LogP contribution in [0.1, 0.15) is 47.9 Å². The van der Waals surface area contributed by atoms with Crippen molar-refractivity contribution in [1.82, 2.24) is 0 Å². The standard InChI is InChI=1S/C36H30O9/c1-2-23-36(45-34(40)28-21-13-6-14-22-28)30(43-32(38)26-17-9-4-10-18-26)29(24-41-31(37)25-15-7-3-8-16-25)42-35(36)44-33(39)27-19-11-5-12-20-27/h2-22,29-30,35H,1,23-24H2. The maximum Gasteiger partial charge on any atom is 0.340 e. The topological polar surface area (TPSA) is 114 Å². The monoisotopic (exact) mass is 606 g/mol. The number of ether oxygens (including phenoxy) is 5. The molecule has 1 saturated heterocycles. The highest BCUT2D eigenvalue weighted by Crippen LogP contribution is 2.42. The Morgan fingerprint density at radius 3 is 1.51 bits per heavy atom. The van der Waals surface area contributed by atoms with Gasteiger partial charge in [-0.05, 0) is 48.5 Å².